The second kappa shape index (κ2) is 8.30. The first-order valence-corrected chi connectivity index (χ1v) is 10.9. The van der Waals surface area contributed by atoms with E-state index in [1.54, 1.807) is 0 Å². The summed E-state index contributed by atoms with van der Waals surface area (Å²) in [6.07, 6.45) is 3.01. The third kappa shape index (κ3) is 3.59. The normalized spacial score (nSPS) is 43.7. The molecule has 176 valence electrons. The molecule has 0 aromatic carbocycles. The van der Waals surface area contributed by atoms with Crippen LogP contribution in [0.3, 0.4) is 0 Å². The zero-order valence-corrected chi connectivity index (χ0v) is 17.7. The van der Waals surface area contributed by atoms with Crippen LogP contribution in [0.25, 0.3) is 0 Å². The molecule has 30 heavy (non-hydrogen) atoms. The van der Waals surface area contributed by atoms with Gasteiger partial charge in [-0.15, -0.1) is 0 Å². The van der Waals surface area contributed by atoms with Gasteiger partial charge in [-0.1, -0.05) is 26.7 Å². The van der Waals surface area contributed by atoms with E-state index in [2.05, 4.69) is 0 Å². The van der Waals surface area contributed by atoms with Crippen LogP contribution in [0.5, 0.6) is 0 Å². The van der Waals surface area contributed by atoms with E-state index in [1.165, 1.54) is 0 Å². The van der Waals surface area contributed by atoms with E-state index in [-0.39, 0.29) is 30.4 Å². The summed E-state index contributed by atoms with van der Waals surface area (Å²) in [5.41, 5.74) is -5.01. The first-order chi connectivity index (χ1) is 13.4. The van der Waals surface area contributed by atoms with Gasteiger partial charge < -0.3 is 14.9 Å². The van der Waals surface area contributed by atoms with E-state index >= 15 is 0 Å². The molecule has 6 aliphatic carbocycles. The van der Waals surface area contributed by atoms with Crippen LogP contribution in [-0.4, -0.2) is 33.5 Å². The monoisotopic (exact) mass is 443 g/mol. The highest BCUT2D eigenvalue weighted by molar-refractivity contribution is 5.28. The molecule has 4 fully saturated rings. The summed E-state index contributed by atoms with van der Waals surface area (Å²) in [5.74, 6) is -4.91. The van der Waals surface area contributed by atoms with Gasteiger partial charge in [-0.25, -0.2) is 22.0 Å². The minimum absolute atomic E-state index is 0. The van der Waals surface area contributed by atoms with Gasteiger partial charge in [0, 0.05) is 10.8 Å². The standard InChI is InChI=1S/C11H17F3O.C11H16F2O.FH/c1-2-3-9-4-6-10(15,7-5-9)8(12)11(9,13)14;1-2-3-10-4-6-11(14,7-5-10)9(13)8(10)12;/h8,15H,2-7H2,1H3;14H,2-7H2,1H3;1H/p-1. The predicted molar refractivity (Wildman–Crippen MR) is 101 cm³/mol. The molecular weight excluding hydrogens is 410 g/mol. The Hall–Kier alpha value is -0.760. The van der Waals surface area contributed by atoms with E-state index in [0.29, 0.717) is 44.9 Å². The molecule has 0 saturated heterocycles. The zero-order valence-electron chi connectivity index (χ0n) is 17.7. The average Bonchev–Trinajstić information content (AvgIpc) is 2.68. The lowest BCUT2D eigenvalue weighted by Crippen LogP contribution is -3.00. The largest absolute Gasteiger partial charge is 1.00 e. The topological polar surface area (TPSA) is 40.5 Å². The SMILES string of the molecule is CCCC12CCC(O)(CC1)C(F)=C2F.CCCC12CCC(O)(CC1)C(F)C2(F)F.[F-]. The van der Waals surface area contributed by atoms with E-state index in [0.717, 1.165) is 6.42 Å². The number of hydrogen-bond donors (Lipinski definition) is 2. The fourth-order valence-corrected chi connectivity index (χ4v) is 6.11. The van der Waals surface area contributed by atoms with Gasteiger partial charge in [0.2, 0.25) is 0 Å². The highest BCUT2D eigenvalue weighted by Crippen LogP contribution is 2.63. The second-order valence-corrected chi connectivity index (χ2v) is 9.81. The maximum atomic E-state index is 13.8. The predicted octanol–water partition coefficient (Wildman–Crippen LogP) is 3.31. The van der Waals surface area contributed by atoms with Gasteiger partial charge in [-0.3, -0.25) is 0 Å². The minimum atomic E-state index is -3.35. The van der Waals surface area contributed by atoms with Gasteiger partial charge >= 0.3 is 0 Å². The van der Waals surface area contributed by atoms with Crippen molar-refractivity contribution in [3.8, 4) is 0 Å². The molecule has 0 heterocycles. The van der Waals surface area contributed by atoms with Crippen molar-refractivity contribution >= 4 is 0 Å². The Morgan fingerprint density at radius 3 is 1.77 bits per heavy atom. The summed E-state index contributed by atoms with van der Waals surface area (Å²) in [6, 6.07) is 0. The van der Waals surface area contributed by atoms with Crippen molar-refractivity contribution in [1.29, 1.82) is 0 Å². The van der Waals surface area contributed by atoms with E-state index in [9.17, 15) is 32.2 Å². The molecule has 0 aromatic rings. The molecule has 2 N–H and O–H groups in total. The minimum Gasteiger partial charge on any atom is -1.00 e. The quantitative estimate of drug-likeness (QED) is 0.655. The zero-order chi connectivity index (χ0) is 21.7. The third-order valence-corrected chi connectivity index (χ3v) is 8.13. The Balaban J connectivity index is 0.000000207. The van der Waals surface area contributed by atoms with Gasteiger partial charge in [-0.2, -0.15) is 0 Å². The van der Waals surface area contributed by atoms with Crippen LogP contribution in [0.15, 0.2) is 11.7 Å². The fraction of sp³-hybridized carbons (Fsp3) is 0.909. The molecule has 0 spiro atoms. The summed E-state index contributed by atoms with van der Waals surface area (Å²) in [5, 5.41) is 19.5. The van der Waals surface area contributed by atoms with Gasteiger partial charge in [-0.05, 0) is 64.2 Å². The Labute approximate surface area is 174 Å². The molecule has 8 heteroatoms. The summed E-state index contributed by atoms with van der Waals surface area (Å²) >= 11 is 0. The van der Waals surface area contributed by atoms with E-state index in [4.69, 9.17) is 0 Å². The highest BCUT2D eigenvalue weighted by Gasteiger charge is 2.70. The number of hydrogen-bond acceptors (Lipinski definition) is 2. The lowest BCUT2D eigenvalue weighted by Gasteiger charge is -2.57. The maximum Gasteiger partial charge on any atom is 0.287 e. The molecular formula is C22H33F6O2-. The van der Waals surface area contributed by atoms with Gasteiger partial charge in [0.15, 0.2) is 12.0 Å². The smallest absolute Gasteiger partial charge is 0.287 e. The molecule has 1 atom stereocenters. The van der Waals surface area contributed by atoms with Crippen LogP contribution < -0.4 is 4.70 Å². The molecule has 6 rings (SSSR count). The van der Waals surface area contributed by atoms with Crippen molar-refractivity contribution in [2.45, 2.75) is 114 Å². The Morgan fingerprint density at radius 2 is 1.30 bits per heavy atom. The molecule has 1 unspecified atom stereocenters. The maximum absolute atomic E-state index is 13.8. The van der Waals surface area contributed by atoms with Crippen molar-refractivity contribution in [3.63, 3.8) is 0 Å². The number of rotatable bonds is 4. The third-order valence-electron chi connectivity index (χ3n) is 8.13. The summed E-state index contributed by atoms with van der Waals surface area (Å²) in [7, 11) is 0. The Bertz CT molecular complexity index is 646. The molecule has 2 nitrogen and oxygen atoms in total. The number of fused-ring (bicyclic) bond motifs is 5. The van der Waals surface area contributed by atoms with Crippen molar-refractivity contribution in [3.05, 3.63) is 11.7 Å². The summed E-state index contributed by atoms with van der Waals surface area (Å²) in [6.45, 7) is 3.82. The molecule has 0 aromatic heterocycles. The molecule has 4 bridgehead atoms. The van der Waals surface area contributed by atoms with Gasteiger partial charge in [0.05, 0.1) is 0 Å². The van der Waals surface area contributed by atoms with Crippen LogP contribution in [0.4, 0.5) is 22.0 Å². The van der Waals surface area contributed by atoms with E-state index in [1.807, 2.05) is 13.8 Å². The summed E-state index contributed by atoms with van der Waals surface area (Å²) in [4.78, 5) is 0. The Morgan fingerprint density at radius 1 is 0.800 bits per heavy atom. The Kier molecular flexibility index (Phi) is 7.06. The first-order valence-electron chi connectivity index (χ1n) is 10.9. The molecule has 0 amide bonds. The summed E-state index contributed by atoms with van der Waals surface area (Å²) < 4.78 is 68.5. The number of halogens is 6. The lowest BCUT2D eigenvalue weighted by molar-refractivity contribution is -0.290. The molecule has 0 radical (unpaired) electrons. The van der Waals surface area contributed by atoms with Crippen LogP contribution in [0, 0.1) is 10.8 Å². The van der Waals surface area contributed by atoms with Crippen LogP contribution in [0.2, 0.25) is 0 Å². The van der Waals surface area contributed by atoms with Crippen molar-refractivity contribution in [1.82, 2.24) is 0 Å². The van der Waals surface area contributed by atoms with E-state index < -0.39 is 45.8 Å². The first kappa shape index (κ1) is 25.5. The second-order valence-electron chi connectivity index (χ2n) is 9.81. The van der Waals surface area contributed by atoms with Crippen molar-refractivity contribution in [2.24, 2.45) is 10.8 Å². The number of aliphatic hydroxyl groups is 2. The number of allylic oxidation sites excluding steroid dienone is 1. The molecule has 6 aliphatic rings. The number of alkyl halides is 3. The van der Waals surface area contributed by atoms with Gasteiger partial charge in [0.25, 0.3) is 5.92 Å². The van der Waals surface area contributed by atoms with Crippen LogP contribution in [0.1, 0.15) is 90.9 Å². The average molecular weight is 443 g/mol. The van der Waals surface area contributed by atoms with Crippen LogP contribution >= 0.6 is 0 Å². The lowest BCUT2D eigenvalue weighted by atomic mass is 9.54. The van der Waals surface area contributed by atoms with Crippen molar-refractivity contribution in [2.75, 3.05) is 0 Å². The van der Waals surface area contributed by atoms with Crippen LogP contribution in [-0.2, 0) is 0 Å². The molecule has 4 saturated carbocycles. The molecule has 0 aliphatic heterocycles. The highest BCUT2D eigenvalue weighted by atomic mass is 19.3. The van der Waals surface area contributed by atoms with Crippen molar-refractivity contribution < 1.29 is 36.9 Å². The fourth-order valence-electron chi connectivity index (χ4n) is 6.11. The van der Waals surface area contributed by atoms with Gasteiger partial charge in [0.1, 0.15) is 17.0 Å².